The number of amides is 2. The molecule has 1 atom stereocenters. The molecule has 0 aromatic heterocycles. The number of aryl methyl sites for hydroxylation is 1. The van der Waals surface area contributed by atoms with Gasteiger partial charge in [0.15, 0.2) is 6.10 Å². The lowest BCUT2D eigenvalue weighted by Crippen LogP contribution is -2.30. The van der Waals surface area contributed by atoms with Crippen molar-refractivity contribution in [2.45, 2.75) is 40.2 Å². The highest BCUT2D eigenvalue weighted by atomic mass is 16.5. The maximum atomic E-state index is 12.9. The minimum Gasteiger partial charge on any atom is -0.492 e. The topological polar surface area (TPSA) is 85.9 Å². The molecule has 0 radical (unpaired) electrons. The van der Waals surface area contributed by atoms with Crippen LogP contribution in [-0.4, -0.2) is 31.1 Å². The standard InChI is InChI=1S/C28H32N2O5/c1-5-20-12-11-15-22(16-20)35-19(4)27(31)29-23-17-26(34-7-3)24(18-25(23)33-6-2)30-28(32)21-13-9-8-10-14-21/h8-19H,5-7H2,1-4H3,(H,29,31)(H,30,32). The Morgan fingerprint density at radius 1 is 0.800 bits per heavy atom. The summed E-state index contributed by atoms with van der Waals surface area (Å²) in [6.07, 6.45) is 0.132. The summed E-state index contributed by atoms with van der Waals surface area (Å²) in [6, 6.07) is 19.9. The van der Waals surface area contributed by atoms with Gasteiger partial charge in [-0.15, -0.1) is 0 Å². The number of ether oxygens (including phenoxy) is 3. The van der Waals surface area contributed by atoms with E-state index >= 15 is 0 Å². The summed E-state index contributed by atoms with van der Waals surface area (Å²) < 4.78 is 17.4. The van der Waals surface area contributed by atoms with Crippen molar-refractivity contribution in [2.75, 3.05) is 23.8 Å². The van der Waals surface area contributed by atoms with Crippen LogP contribution in [0.1, 0.15) is 43.6 Å². The van der Waals surface area contributed by atoms with Crippen LogP contribution in [-0.2, 0) is 11.2 Å². The molecule has 2 amide bonds. The Kier molecular flexibility index (Phi) is 9.12. The lowest BCUT2D eigenvalue weighted by Gasteiger charge is -2.20. The van der Waals surface area contributed by atoms with Crippen LogP contribution >= 0.6 is 0 Å². The van der Waals surface area contributed by atoms with Gasteiger partial charge in [-0.05, 0) is 57.0 Å². The van der Waals surface area contributed by atoms with Crippen molar-refractivity contribution < 1.29 is 23.8 Å². The van der Waals surface area contributed by atoms with Crippen molar-refractivity contribution in [1.82, 2.24) is 0 Å². The molecule has 0 spiro atoms. The van der Waals surface area contributed by atoms with Gasteiger partial charge in [-0.3, -0.25) is 9.59 Å². The zero-order chi connectivity index (χ0) is 25.2. The molecule has 0 fully saturated rings. The highest BCUT2D eigenvalue weighted by molar-refractivity contribution is 6.05. The van der Waals surface area contributed by atoms with E-state index in [-0.39, 0.29) is 11.8 Å². The lowest BCUT2D eigenvalue weighted by molar-refractivity contribution is -0.122. The summed E-state index contributed by atoms with van der Waals surface area (Å²) in [7, 11) is 0. The van der Waals surface area contributed by atoms with E-state index in [1.54, 1.807) is 43.3 Å². The van der Waals surface area contributed by atoms with Gasteiger partial charge in [0.05, 0.1) is 24.6 Å². The first-order valence-corrected chi connectivity index (χ1v) is 11.8. The molecule has 3 rings (SSSR count). The Labute approximate surface area is 206 Å². The van der Waals surface area contributed by atoms with E-state index in [1.807, 2.05) is 44.2 Å². The van der Waals surface area contributed by atoms with Crippen molar-refractivity contribution in [3.8, 4) is 17.2 Å². The third-order valence-corrected chi connectivity index (χ3v) is 5.21. The molecule has 0 saturated heterocycles. The van der Waals surface area contributed by atoms with Gasteiger partial charge < -0.3 is 24.8 Å². The van der Waals surface area contributed by atoms with Crippen LogP contribution in [0.25, 0.3) is 0 Å². The van der Waals surface area contributed by atoms with E-state index in [1.165, 1.54) is 0 Å². The SMILES string of the molecule is CCOc1cc(NC(=O)C(C)Oc2cccc(CC)c2)c(OCC)cc1NC(=O)c1ccccc1. The Bertz CT molecular complexity index is 1150. The van der Waals surface area contributed by atoms with Crippen LogP contribution in [0.3, 0.4) is 0 Å². The second-order valence-corrected chi connectivity index (χ2v) is 7.78. The summed E-state index contributed by atoms with van der Waals surface area (Å²) in [6.45, 7) is 8.19. The van der Waals surface area contributed by atoms with Gasteiger partial charge in [-0.25, -0.2) is 0 Å². The molecule has 3 aromatic carbocycles. The Balaban J connectivity index is 1.82. The lowest BCUT2D eigenvalue weighted by atomic mass is 10.1. The molecule has 7 nitrogen and oxygen atoms in total. The second kappa shape index (κ2) is 12.5. The van der Waals surface area contributed by atoms with E-state index in [2.05, 4.69) is 17.6 Å². The second-order valence-electron chi connectivity index (χ2n) is 7.78. The highest BCUT2D eigenvalue weighted by Gasteiger charge is 2.20. The fourth-order valence-corrected chi connectivity index (χ4v) is 3.42. The monoisotopic (exact) mass is 476 g/mol. The normalized spacial score (nSPS) is 11.3. The summed E-state index contributed by atoms with van der Waals surface area (Å²) in [5, 5.41) is 5.75. The minimum atomic E-state index is -0.746. The van der Waals surface area contributed by atoms with Gasteiger partial charge in [0, 0.05) is 17.7 Å². The quantitative estimate of drug-likeness (QED) is 0.371. The highest BCUT2D eigenvalue weighted by Crippen LogP contribution is 2.37. The molecule has 0 aliphatic carbocycles. The minimum absolute atomic E-state index is 0.276. The van der Waals surface area contributed by atoms with Gasteiger partial charge in [0.25, 0.3) is 11.8 Å². The first kappa shape index (κ1) is 25.6. The fraction of sp³-hybridized carbons (Fsp3) is 0.286. The number of benzene rings is 3. The molecule has 2 N–H and O–H groups in total. The van der Waals surface area contributed by atoms with E-state index in [4.69, 9.17) is 14.2 Å². The van der Waals surface area contributed by atoms with Crippen molar-refractivity contribution in [3.05, 3.63) is 77.9 Å². The molecule has 35 heavy (non-hydrogen) atoms. The largest absolute Gasteiger partial charge is 0.492 e. The summed E-state index contributed by atoms with van der Waals surface area (Å²) in [4.78, 5) is 25.7. The molecule has 0 saturated carbocycles. The molecule has 0 aliphatic heterocycles. The predicted molar refractivity (Wildman–Crippen MR) is 138 cm³/mol. The molecule has 1 unspecified atom stereocenters. The zero-order valence-electron chi connectivity index (χ0n) is 20.6. The average molecular weight is 477 g/mol. The number of hydrogen-bond acceptors (Lipinski definition) is 5. The summed E-state index contributed by atoms with van der Waals surface area (Å²) in [5.41, 5.74) is 2.52. The van der Waals surface area contributed by atoms with Crippen molar-refractivity contribution >= 4 is 23.2 Å². The molecule has 7 heteroatoms. The zero-order valence-corrected chi connectivity index (χ0v) is 20.6. The molecule has 0 bridgehead atoms. The van der Waals surface area contributed by atoms with Crippen LogP contribution in [0.4, 0.5) is 11.4 Å². The first-order valence-electron chi connectivity index (χ1n) is 11.8. The maximum Gasteiger partial charge on any atom is 0.265 e. The van der Waals surface area contributed by atoms with Gasteiger partial charge >= 0.3 is 0 Å². The van der Waals surface area contributed by atoms with Crippen LogP contribution < -0.4 is 24.8 Å². The summed E-state index contributed by atoms with van der Waals surface area (Å²) >= 11 is 0. The fourth-order valence-electron chi connectivity index (χ4n) is 3.42. The van der Waals surface area contributed by atoms with Crippen LogP contribution in [0.15, 0.2) is 66.7 Å². The number of carbonyl (C=O) groups excluding carboxylic acids is 2. The van der Waals surface area contributed by atoms with Crippen LogP contribution in [0.5, 0.6) is 17.2 Å². The van der Waals surface area contributed by atoms with Gasteiger partial charge in [0.1, 0.15) is 17.2 Å². The maximum absolute atomic E-state index is 12.9. The van der Waals surface area contributed by atoms with E-state index < -0.39 is 6.10 Å². The first-order chi connectivity index (χ1) is 16.9. The number of anilines is 2. The number of rotatable bonds is 11. The van der Waals surface area contributed by atoms with E-state index in [0.29, 0.717) is 47.4 Å². The van der Waals surface area contributed by atoms with E-state index in [0.717, 1.165) is 12.0 Å². The Morgan fingerprint density at radius 3 is 2.03 bits per heavy atom. The molecule has 0 aliphatic rings. The van der Waals surface area contributed by atoms with Gasteiger partial charge in [0.2, 0.25) is 0 Å². The number of hydrogen-bond donors (Lipinski definition) is 2. The Morgan fingerprint density at radius 2 is 1.43 bits per heavy atom. The number of nitrogens with one attached hydrogen (secondary N) is 2. The van der Waals surface area contributed by atoms with Crippen molar-refractivity contribution in [1.29, 1.82) is 0 Å². The number of carbonyl (C=O) groups is 2. The molecular formula is C28H32N2O5. The van der Waals surface area contributed by atoms with Crippen molar-refractivity contribution in [3.63, 3.8) is 0 Å². The van der Waals surface area contributed by atoms with Crippen LogP contribution in [0, 0.1) is 0 Å². The molecule has 0 heterocycles. The third-order valence-electron chi connectivity index (χ3n) is 5.21. The smallest absolute Gasteiger partial charge is 0.265 e. The summed E-state index contributed by atoms with van der Waals surface area (Å²) in [5.74, 6) is 0.845. The van der Waals surface area contributed by atoms with E-state index in [9.17, 15) is 9.59 Å². The van der Waals surface area contributed by atoms with Crippen molar-refractivity contribution in [2.24, 2.45) is 0 Å². The average Bonchev–Trinajstić information content (AvgIpc) is 2.87. The molecule has 184 valence electrons. The molecule has 3 aromatic rings. The third kappa shape index (κ3) is 6.99. The predicted octanol–water partition coefficient (Wildman–Crippen LogP) is 5.70. The van der Waals surface area contributed by atoms with Gasteiger partial charge in [-0.1, -0.05) is 37.3 Å². The van der Waals surface area contributed by atoms with Crippen LogP contribution in [0.2, 0.25) is 0 Å². The Hall–Kier alpha value is -4.00. The van der Waals surface area contributed by atoms with Gasteiger partial charge in [-0.2, -0.15) is 0 Å². The molecular weight excluding hydrogens is 444 g/mol.